The Labute approximate surface area is 75.9 Å². The van der Waals surface area contributed by atoms with Crippen LogP contribution >= 0.6 is 0 Å². The number of ketones is 1. The summed E-state index contributed by atoms with van der Waals surface area (Å²) in [7, 11) is 0. The molecule has 12 heavy (non-hydrogen) atoms. The van der Waals surface area contributed by atoms with Crippen LogP contribution in [-0.2, 0) is 4.79 Å². The zero-order chi connectivity index (χ0) is 9.23. The Morgan fingerprint density at radius 1 is 1.25 bits per heavy atom. The smallest absolute Gasteiger partial charge is 0.132 e. The van der Waals surface area contributed by atoms with E-state index in [0.717, 1.165) is 38.5 Å². The summed E-state index contributed by atoms with van der Waals surface area (Å²) in [6.07, 6.45) is 10.1. The summed E-state index contributed by atoms with van der Waals surface area (Å²) in [4.78, 5) is 11.1. The fourth-order valence-corrected chi connectivity index (χ4v) is 1.15. The average molecular weight is 168 g/mol. The lowest BCUT2D eigenvalue weighted by Gasteiger charge is -1.96. The Bertz CT molecular complexity index is 136. The third-order valence-electron chi connectivity index (χ3n) is 1.84. The summed E-state index contributed by atoms with van der Waals surface area (Å²) in [5.41, 5.74) is 0. The Hall–Kier alpha value is -0.590. The number of carbonyl (C=O) groups is 1. The second-order valence-corrected chi connectivity index (χ2v) is 3.10. The van der Waals surface area contributed by atoms with Crippen LogP contribution in [0, 0.1) is 0 Å². The van der Waals surface area contributed by atoms with Crippen molar-refractivity contribution in [2.24, 2.45) is 0 Å². The van der Waals surface area contributed by atoms with E-state index in [1.807, 2.05) is 6.92 Å². The van der Waals surface area contributed by atoms with Gasteiger partial charge in [-0.15, -0.1) is 0 Å². The van der Waals surface area contributed by atoms with Crippen molar-refractivity contribution in [2.45, 2.75) is 52.4 Å². The van der Waals surface area contributed by atoms with Gasteiger partial charge in [0.2, 0.25) is 0 Å². The van der Waals surface area contributed by atoms with Crippen molar-refractivity contribution in [3.05, 3.63) is 12.2 Å². The van der Waals surface area contributed by atoms with Gasteiger partial charge in [-0.1, -0.05) is 19.1 Å². The number of hydrogen-bond donors (Lipinski definition) is 0. The van der Waals surface area contributed by atoms with E-state index in [1.54, 1.807) is 0 Å². The summed E-state index contributed by atoms with van der Waals surface area (Å²) < 4.78 is 0. The van der Waals surface area contributed by atoms with Gasteiger partial charge in [0.05, 0.1) is 0 Å². The molecule has 0 aromatic heterocycles. The summed E-state index contributed by atoms with van der Waals surface area (Å²) in [6.45, 7) is 4.08. The van der Waals surface area contributed by atoms with E-state index in [1.165, 1.54) is 0 Å². The molecule has 0 unspecified atom stereocenters. The van der Waals surface area contributed by atoms with Crippen LogP contribution in [0.25, 0.3) is 0 Å². The van der Waals surface area contributed by atoms with E-state index in [4.69, 9.17) is 0 Å². The van der Waals surface area contributed by atoms with Crippen LogP contribution in [0.5, 0.6) is 0 Å². The van der Waals surface area contributed by atoms with Crippen LogP contribution in [0.2, 0.25) is 0 Å². The number of allylic oxidation sites excluding steroid dienone is 2. The van der Waals surface area contributed by atoms with Crippen molar-refractivity contribution < 1.29 is 4.79 Å². The molecule has 0 N–H and O–H groups in total. The van der Waals surface area contributed by atoms with Gasteiger partial charge >= 0.3 is 0 Å². The monoisotopic (exact) mass is 168 g/mol. The van der Waals surface area contributed by atoms with Gasteiger partial charge in [0.25, 0.3) is 0 Å². The van der Waals surface area contributed by atoms with Crippen molar-refractivity contribution >= 4 is 5.78 Å². The minimum absolute atomic E-state index is 0.429. The number of Topliss-reactive ketones (excluding diaryl/α,β-unsaturated/α-hetero) is 1. The van der Waals surface area contributed by atoms with Gasteiger partial charge in [-0.05, 0) is 32.6 Å². The lowest BCUT2D eigenvalue weighted by Crippen LogP contribution is -1.95. The van der Waals surface area contributed by atoms with Gasteiger partial charge in [0.15, 0.2) is 0 Å². The molecule has 0 aromatic rings. The van der Waals surface area contributed by atoms with E-state index in [9.17, 15) is 4.79 Å². The molecule has 0 bridgehead atoms. The normalized spacial score (nSPS) is 10.8. The van der Waals surface area contributed by atoms with Gasteiger partial charge in [-0.25, -0.2) is 0 Å². The molecule has 0 aliphatic rings. The first-order valence-electron chi connectivity index (χ1n) is 4.94. The van der Waals surface area contributed by atoms with Gasteiger partial charge in [-0.3, -0.25) is 4.79 Å². The first-order valence-corrected chi connectivity index (χ1v) is 4.94. The molecule has 0 heterocycles. The predicted molar refractivity (Wildman–Crippen MR) is 53.2 cm³/mol. The largest absolute Gasteiger partial charge is 0.300 e. The first kappa shape index (κ1) is 11.4. The predicted octanol–water partition coefficient (Wildman–Crippen LogP) is 3.49. The summed E-state index contributed by atoms with van der Waals surface area (Å²) in [5.74, 6) is 0.429. The van der Waals surface area contributed by atoms with E-state index in [0.29, 0.717) is 5.78 Å². The second kappa shape index (κ2) is 8.51. The maximum atomic E-state index is 11.1. The average Bonchev–Trinajstić information content (AvgIpc) is 2.05. The van der Waals surface area contributed by atoms with Crippen molar-refractivity contribution in [1.29, 1.82) is 0 Å². The third-order valence-corrected chi connectivity index (χ3v) is 1.84. The molecule has 0 saturated carbocycles. The minimum Gasteiger partial charge on any atom is -0.300 e. The number of rotatable bonds is 7. The molecule has 0 aliphatic heterocycles. The standard InChI is InChI=1S/C11H20O/c1-3-5-6-7-8-10-11(12)9-4-2/h3,5H,4,6-10H2,1-2H3. The van der Waals surface area contributed by atoms with Crippen molar-refractivity contribution in [3.8, 4) is 0 Å². The molecule has 0 atom stereocenters. The number of carbonyl (C=O) groups excluding carboxylic acids is 1. The molecule has 0 fully saturated rings. The SMILES string of the molecule is CC=CCCCCC(=O)CCC. The van der Waals surface area contributed by atoms with Gasteiger partial charge in [0.1, 0.15) is 5.78 Å². The molecular weight excluding hydrogens is 148 g/mol. The quantitative estimate of drug-likeness (QED) is 0.420. The van der Waals surface area contributed by atoms with Gasteiger partial charge in [-0.2, -0.15) is 0 Å². The Kier molecular flexibility index (Phi) is 8.09. The maximum absolute atomic E-state index is 11.1. The Balaban J connectivity index is 3.13. The van der Waals surface area contributed by atoms with Crippen LogP contribution in [0.3, 0.4) is 0 Å². The Morgan fingerprint density at radius 3 is 2.58 bits per heavy atom. The molecule has 1 heteroatoms. The molecule has 0 rings (SSSR count). The fraction of sp³-hybridized carbons (Fsp3) is 0.727. The lowest BCUT2D eigenvalue weighted by molar-refractivity contribution is -0.119. The van der Waals surface area contributed by atoms with E-state index in [-0.39, 0.29) is 0 Å². The first-order chi connectivity index (χ1) is 5.81. The van der Waals surface area contributed by atoms with E-state index in [2.05, 4.69) is 19.1 Å². The van der Waals surface area contributed by atoms with E-state index >= 15 is 0 Å². The van der Waals surface area contributed by atoms with Crippen LogP contribution in [0.4, 0.5) is 0 Å². The van der Waals surface area contributed by atoms with Crippen LogP contribution in [0.15, 0.2) is 12.2 Å². The molecule has 0 saturated heterocycles. The molecule has 0 radical (unpaired) electrons. The topological polar surface area (TPSA) is 17.1 Å². The molecule has 0 spiro atoms. The molecule has 70 valence electrons. The second-order valence-electron chi connectivity index (χ2n) is 3.10. The maximum Gasteiger partial charge on any atom is 0.132 e. The van der Waals surface area contributed by atoms with E-state index < -0.39 is 0 Å². The van der Waals surface area contributed by atoms with Gasteiger partial charge in [0, 0.05) is 12.8 Å². The highest BCUT2D eigenvalue weighted by Crippen LogP contribution is 2.04. The van der Waals surface area contributed by atoms with Crippen LogP contribution < -0.4 is 0 Å². The summed E-state index contributed by atoms with van der Waals surface area (Å²) in [5, 5.41) is 0. The number of hydrogen-bond acceptors (Lipinski definition) is 1. The summed E-state index contributed by atoms with van der Waals surface area (Å²) in [6, 6.07) is 0. The number of unbranched alkanes of at least 4 members (excludes halogenated alkanes) is 2. The molecule has 0 aliphatic carbocycles. The van der Waals surface area contributed by atoms with Crippen molar-refractivity contribution in [3.63, 3.8) is 0 Å². The molecule has 0 amide bonds. The van der Waals surface area contributed by atoms with Gasteiger partial charge < -0.3 is 0 Å². The molecular formula is C11H20O. The zero-order valence-corrected chi connectivity index (χ0v) is 8.31. The third kappa shape index (κ3) is 7.52. The van der Waals surface area contributed by atoms with Crippen molar-refractivity contribution in [1.82, 2.24) is 0 Å². The highest BCUT2D eigenvalue weighted by Gasteiger charge is 1.98. The molecule has 0 aromatic carbocycles. The minimum atomic E-state index is 0.429. The summed E-state index contributed by atoms with van der Waals surface area (Å²) >= 11 is 0. The highest BCUT2D eigenvalue weighted by molar-refractivity contribution is 5.78. The zero-order valence-electron chi connectivity index (χ0n) is 8.31. The van der Waals surface area contributed by atoms with Crippen LogP contribution in [-0.4, -0.2) is 5.78 Å². The highest BCUT2D eigenvalue weighted by atomic mass is 16.1. The Morgan fingerprint density at radius 2 is 2.00 bits per heavy atom. The fourth-order valence-electron chi connectivity index (χ4n) is 1.15. The molecule has 1 nitrogen and oxygen atoms in total. The lowest BCUT2D eigenvalue weighted by atomic mass is 10.1. The van der Waals surface area contributed by atoms with Crippen LogP contribution in [0.1, 0.15) is 52.4 Å². The van der Waals surface area contributed by atoms with Crippen molar-refractivity contribution in [2.75, 3.05) is 0 Å².